The molecule has 1 amide bonds. The van der Waals surface area contributed by atoms with Crippen LogP contribution in [0.5, 0.6) is 0 Å². The number of carbonyl (C=O) groups excluding carboxylic acids is 1. The maximum atomic E-state index is 13.1. The smallest absolute Gasteiger partial charge is 0.368 e. The third kappa shape index (κ3) is 3.62. The van der Waals surface area contributed by atoms with E-state index in [2.05, 4.69) is 20.3 Å². The molecular weight excluding hydrogens is 359 g/mol. The predicted molar refractivity (Wildman–Crippen MR) is 94.8 cm³/mol. The summed E-state index contributed by atoms with van der Waals surface area (Å²) >= 11 is 0. The molecule has 3 aromatic rings. The van der Waals surface area contributed by atoms with Crippen molar-refractivity contribution in [2.45, 2.75) is 13.1 Å². The molecule has 140 valence electrons. The number of nitrogens with zero attached hydrogens (tertiary/aromatic N) is 2. The van der Waals surface area contributed by atoms with Crippen LogP contribution in [0, 0.1) is 6.92 Å². The molecule has 0 spiro atoms. The zero-order valence-electron chi connectivity index (χ0n) is 14.5. The second-order valence-corrected chi connectivity index (χ2v) is 5.88. The number of hydrogen-bond donors (Lipinski definition) is 3. The van der Waals surface area contributed by atoms with Crippen molar-refractivity contribution in [3.8, 4) is 22.6 Å². The van der Waals surface area contributed by atoms with Gasteiger partial charge in [0.25, 0.3) is 5.91 Å². The Kier molecular flexibility index (Phi) is 4.61. The summed E-state index contributed by atoms with van der Waals surface area (Å²) in [6.45, 7) is 1.67. The van der Waals surface area contributed by atoms with Crippen molar-refractivity contribution in [1.82, 2.24) is 20.3 Å². The van der Waals surface area contributed by atoms with Crippen molar-refractivity contribution in [3.05, 3.63) is 53.2 Å². The van der Waals surface area contributed by atoms with Gasteiger partial charge in [-0.1, -0.05) is 6.07 Å². The number of halogens is 3. The first-order valence-corrected chi connectivity index (χ1v) is 7.93. The minimum atomic E-state index is -4.49. The molecule has 0 aliphatic carbocycles. The highest BCUT2D eigenvalue weighted by atomic mass is 19.4. The van der Waals surface area contributed by atoms with Crippen molar-refractivity contribution in [2.24, 2.45) is 0 Å². The molecule has 2 aromatic heterocycles. The third-order valence-electron chi connectivity index (χ3n) is 4.07. The zero-order chi connectivity index (χ0) is 19.8. The van der Waals surface area contributed by atoms with Crippen molar-refractivity contribution < 1.29 is 18.0 Å². The Balaban J connectivity index is 2.22. The summed E-state index contributed by atoms with van der Waals surface area (Å²) in [7, 11) is 1.44. The van der Waals surface area contributed by atoms with E-state index in [4.69, 9.17) is 5.73 Å². The van der Waals surface area contributed by atoms with Gasteiger partial charge in [-0.25, -0.2) is 9.97 Å². The first kappa shape index (κ1) is 18.4. The molecule has 0 aliphatic heterocycles. The van der Waals surface area contributed by atoms with Crippen LogP contribution in [0.15, 0.2) is 36.5 Å². The Hall–Kier alpha value is -3.36. The number of nitrogens with one attached hydrogen (secondary N) is 2. The minimum absolute atomic E-state index is 0.0420. The molecule has 0 radical (unpaired) electrons. The maximum Gasteiger partial charge on any atom is 0.416 e. The Morgan fingerprint density at radius 3 is 2.59 bits per heavy atom. The fraction of sp³-hybridized carbons (Fsp3) is 0.167. The van der Waals surface area contributed by atoms with Gasteiger partial charge in [-0.2, -0.15) is 13.2 Å². The predicted octanol–water partition coefficient (Wildman–Crippen LogP) is 3.41. The van der Waals surface area contributed by atoms with E-state index in [9.17, 15) is 18.0 Å². The average Bonchev–Trinajstić information content (AvgIpc) is 3.05. The van der Waals surface area contributed by atoms with Crippen LogP contribution in [0.4, 0.5) is 19.1 Å². The summed E-state index contributed by atoms with van der Waals surface area (Å²) in [6.07, 6.45) is -3.04. The van der Waals surface area contributed by atoms with Gasteiger partial charge in [0.1, 0.15) is 0 Å². The van der Waals surface area contributed by atoms with Crippen molar-refractivity contribution in [3.63, 3.8) is 0 Å². The minimum Gasteiger partial charge on any atom is -0.368 e. The molecule has 27 heavy (non-hydrogen) atoms. The number of aromatic amines is 1. The van der Waals surface area contributed by atoms with E-state index in [0.29, 0.717) is 17.0 Å². The van der Waals surface area contributed by atoms with Crippen LogP contribution < -0.4 is 11.1 Å². The van der Waals surface area contributed by atoms with E-state index in [-0.39, 0.29) is 22.8 Å². The standard InChI is InChI=1S/C18H16F3N5O/c1-9-3-4-10(18(19,20)21)7-11(9)15-12(16(27)23-2)8-14(25-15)13-5-6-24-17(22)26-13/h3-8,25H,1-2H3,(H,23,27)(H2,22,24,26). The number of alkyl halides is 3. The maximum absolute atomic E-state index is 13.1. The Morgan fingerprint density at radius 1 is 1.22 bits per heavy atom. The van der Waals surface area contributed by atoms with Crippen LogP contribution in [0.2, 0.25) is 0 Å². The van der Waals surface area contributed by atoms with Crippen LogP contribution in [-0.2, 0) is 6.18 Å². The van der Waals surface area contributed by atoms with Crippen LogP contribution >= 0.6 is 0 Å². The summed E-state index contributed by atoms with van der Waals surface area (Å²) in [4.78, 5) is 23.2. The van der Waals surface area contributed by atoms with E-state index < -0.39 is 17.6 Å². The Morgan fingerprint density at radius 2 is 1.96 bits per heavy atom. The van der Waals surface area contributed by atoms with Crippen LogP contribution in [-0.4, -0.2) is 27.9 Å². The number of H-pyrrole nitrogens is 1. The van der Waals surface area contributed by atoms with Gasteiger partial charge in [0, 0.05) is 18.8 Å². The highest BCUT2D eigenvalue weighted by Gasteiger charge is 2.31. The molecule has 0 saturated carbocycles. The molecule has 3 rings (SSSR count). The van der Waals surface area contributed by atoms with Crippen molar-refractivity contribution in [2.75, 3.05) is 12.8 Å². The number of aryl methyl sites for hydroxylation is 1. The SMILES string of the molecule is CNC(=O)c1cc(-c2ccnc(N)n2)[nH]c1-c1cc(C(F)(F)F)ccc1C. The lowest BCUT2D eigenvalue weighted by Gasteiger charge is -2.12. The van der Waals surface area contributed by atoms with E-state index in [0.717, 1.165) is 12.1 Å². The molecule has 1 aromatic carbocycles. The van der Waals surface area contributed by atoms with Crippen molar-refractivity contribution >= 4 is 11.9 Å². The Labute approximate surface area is 152 Å². The number of anilines is 1. The van der Waals surface area contributed by atoms with Gasteiger partial charge < -0.3 is 16.0 Å². The molecule has 0 fully saturated rings. The van der Waals surface area contributed by atoms with Crippen LogP contribution in [0.1, 0.15) is 21.5 Å². The average molecular weight is 375 g/mol. The van der Waals surface area contributed by atoms with E-state index in [1.54, 1.807) is 13.0 Å². The van der Waals surface area contributed by atoms with Gasteiger partial charge in [0.2, 0.25) is 5.95 Å². The number of amides is 1. The van der Waals surface area contributed by atoms with Gasteiger partial charge in [-0.05, 0) is 36.8 Å². The lowest BCUT2D eigenvalue weighted by Crippen LogP contribution is -2.18. The molecule has 0 atom stereocenters. The van der Waals surface area contributed by atoms with E-state index >= 15 is 0 Å². The summed E-state index contributed by atoms with van der Waals surface area (Å²) in [5.41, 5.74) is 6.98. The van der Waals surface area contributed by atoms with Crippen molar-refractivity contribution in [1.29, 1.82) is 0 Å². The molecule has 0 saturated heterocycles. The van der Waals surface area contributed by atoms with Gasteiger partial charge >= 0.3 is 6.18 Å². The molecule has 2 heterocycles. The second kappa shape index (κ2) is 6.75. The fourth-order valence-electron chi connectivity index (χ4n) is 2.71. The number of nitrogens with two attached hydrogens (primary N) is 1. The first-order valence-electron chi connectivity index (χ1n) is 7.93. The third-order valence-corrected chi connectivity index (χ3v) is 4.07. The summed E-state index contributed by atoms with van der Waals surface area (Å²) < 4.78 is 39.4. The largest absolute Gasteiger partial charge is 0.416 e. The number of rotatable bonds is 3. The van der Waals surface area contributed by atoms with Crippen LogP contribution in [0.3, 0.4) is 0 Å². The fourth-order valence-corrected chi connectivity index (χ4v) is 2.71. The number of benzene rings is 1. The van der Waals surface area contributed by atoms with Crippen LogP contribution in [0.25, 0.3) is 22.6 Å². The molecule has 0 unspecified atom stereocenters. The molecule has 0 bridgehead atoms. The van der Waals surface area contributed by atoms with Gasteiger partial charge in [-0.3, -0.25) is 4.79 Å². The molecular formula is C18H16F3N5O. The number of nitrogen functional groups attached to an aromatic ring is 1. The van der Waals surface area contributed by atoms with E-state index in [1.165, 1.54) is 25.4 Å². The van der Waals surface area contributed by atoms with Gasteiger partial charge in [-0.15, -0.1) is 0 Å². The number of carbonyl (C=O) groups is 1. The van der Waals surface area contributed by atoms with E-state index in [1.807, 2.05) is 0 Å². The molecule has 9 heteroatoms. The van der Waals surface area contributed by atoms with Gasteiger partial charge in [0.15, 0.2) is 0 Å². The highest BCUT2D eigenvalue weighted by molar-refractivity contribution is 6.01. The summed E-state index contributed by atoms with van der Waals surface area (Å²) in [6, 6.07) is 6.50. The quantitative estimate of drug-likeness (QED) is 0.654. The first-order chi connectivity index (χ1) is 12.7. The monoisotopic (exact) mass is 375 g/mol. The Bertz CT molecular complexity index is 1010. The normalized spacial score (nSPS) is 11.4. The molecule has 6 nitrogen and oxygen atoms in total. The number of aromatic nitrogens is 3. The zero-order valence-corrected chi connectivity index (χ0v) is 14.5. The lowest BCUT2D eigenvalue weighted by atomic mass is 9.99. The second-order valence-electron chi connectivity index (χ2n) is 5.88. The molecule has 4 N–H and O–H groups in total. The topological polar surface area (TPSA) is 96.7 Å². The lowest BCUT2D eigenvalue weighted by molar-refractivity contribution is -0.137. The summed E-state index contributed by atoms with van der Waals surface area (Å²) in [5.74, 6) is -0.397. The van der Waals surface area contributed by atoms with Gasteiger partial charge in [0.05, 0.1) is 28.2 Å². The summed E-state index contributed by atoms with van der Waals surface area (Å²) in [5, 5.41) is 2.49. The number of hydrogen-bond acceptors (Lipinski definition) is 4. The molecule has 0 aliphatic rings. The highest BCUT2D eigenvalue weighted by Crippen LogP contribution is 2.36.